The molecule has 1 aliphatic heterocycles. The summed E-state index contributed by atoms with van der Waals surface area (Å²) in [7, 11) is 0. The van der Waals surface area contributed by atoms with Crippen LogP contribution in [0, 0.1) is 13.8 Å². The van der Waals surface area contributed by atoms with Crippen LogP contribution in [0.3, 0.4) is 0 Å². The molecular weight excluding hydrogens is 342 g/mol. The molecule has 7 heteroatoms. The number of likely N-dealkylation sites (tertiary alicyclic amines) is 1. The van der Waals surface area contributed by atoms with E-state index in [1.807, 2.05) is 38.3 Å². The molecule has 2 atom stereocenters. The molecule has 2 amide bonds. The van der Waals surface area contributed by atoms with Crippen LogP contribution in [0.1, 0.15) is 51.1 Å². The van der Waals surface area contributed by atoms with Gasteiger partial charge in [0.1, 0.15) is 6.04 Å². The van der Waals surface area contributed by atoms with Crippen molar-refractivity contribution in [3.63, 3.8) is 0 Å². The zero-order chi connectivity index (χ0) is 17.3. The van der Waals surface area contributed by atoms with E-state index in [2.05, 4.69) is 10.3 Å². The van der Waals surface area contributed by atoms with Gasteiger partial charge in [-0.15, -0.1) is 22.7 Å². The van der Waals surface area contributed by atoms with Crippen LogP contribution in [0.4, 0.5) is 0 Å². The van der Waals surface area contributed by atoms with Gasteiger partial charge in [-0.3, -0.25) is 9.59 Å². The summed E-state index contributed by atoms with van der Waals surface area (Å²) in [6.07, 6.45) is 1.58. The molecule has 0 radical (unpaired) electrons. The van der Waals surface area contributed by atoms with Gasteiger partial charge < -0.3 is 10.2 Å². The van der Waals surface area contributed by atoms with Gasteiger partial charge in [-0.2, -0.15) is 0 Å². The third kappa shape index (κ3) is 3.37. The Bertz CT molecular complexity index is 739. The van der Waals surface area contributed by atoms with Crippen molar-refractivity contribution in [2.24, 2.45) is 0 Å². The van der Waals surface area contributed by atoms with E-state index in [4.69, 9.17) is 0 Å². The minimum Gasteiger partial charge on any atom is -0.347 e. The summed E-state index contributed by atoms with van der Waals surface area (Å²) in [6, 6.07) is 3.20. The normalized spacial score (nSPS) is 18.6. The van der Waals surface area contributed by atoms with Gasteiger partial charge in [0.05, 0.1) is 21.6 Å². The average molecular weight is 364 g/mol. The lowest BCUT2D eigenvalue weighted by Gasteiger charge is -2.25. The maximum atomic E-state index is 12.7. The second-order valence-corrected chi connectivity index (χ2v) is 8.23. The summed E-state index contributed by atoms with van der Waals surface area (Å²) in [4.78, 5) is 33.2. The number of thiazole rings is 1. The molecule has 0 aromatic carbocycles. The Morgan fingerprint density at radius 3 is 2.83 bits per heavy atom. The Kier molecular flexibility index (Phi) is 5.01. The first-order valence-corrected chi connectivity index (χ1v) is 9.75. The summed E-state index contributed by atoms with van der Waals surface area (Å²) in [6.45, 7) is 6.54. The Labute approximate surface area is 149 Å². The van der Waals surface area contributed by atoms with Crippen LogP contribution in [0.25, 0.3) is 0 Å². The highest BCUT2D eigenvalue weighted by molar-refractivity contribution is 7.12. The van der Waals surface area contributed by atoms with Crippen LogP contribution < -0.4 is 5.32 Å². The fraction of sp³-hybridized carbons (Fsp3) is 0.471. The first kappa shape index (κ1) is 17.1. The fourth-order valence-corrected chi connectivity index (χ4v) is 4.76. The highest BCUT2D eigenvalue weighted by Crippen LogP contribution is 2.26. The highest BCUT2D eigenvalue weighted by Gasteiger charge is 2.35. The monoisotopic (exact) mass is 363 g/mol. The average Bonchev–Trinajstić information content (AvgIpc) is 3.26. The van der Waals surface area contributed by atoms with Gasteiger partial charge >= 0.3 is 0 Å². The van der Waals surface area contributed by atoms with Crippen molar-refractivity contribution >= 4 is 34.5 Å². The SMILES string of the molecule is Cc1nc(C)c(C(C)NC(=O)[C@@H]2CCCN2C(=O)c2cccs2)s1. The molecule has 5 nitrogen and oxygen atoms in total. The van der Waals surface area contributed by atoms with E-state index < -0.39 is 0 Å². The molecule has 0 aliphatic carbocycles. The first-order valence-electron chi connectivity index (χ1n) is 8.06. The number of rotatable bonds is 4. The summed E-state index contributed by atoms with van der Waals surface area (Å²) in [5, 5.41) is 5.95. The zero-order valence-corrected chi connectivity index (χ0v) is 15.7. The van der Waals surface area contributed by atoms with Crippen molar-refractivity contribution in [3.05, 3.63) is 38.0 Å². The number of hydrogen-bond donors (Lipinski definition) is 1. The van der Waals surface area contributed by atoms with Gasteiger partial charge in [-0.25, -0.2) is 4.98 Å². The van der Waals surface area contributed by atoms with E-state index in [0.29, 0.717) is 11.4 Å². The number of carbonyl (C=O) groups is 2. The minimum atomic E-state index is -0.378. The van der Waals surface area contributed by atoms with Gasteiger partial charge in [0.2, 0.25) is 5.91 Å². The van der Waals surface area contributed by atoms with Crippen molar-refractivity contribution in [2.45, 2.75) is 45.7 Å². The number of aryl methyl sites for hydroxylation is 2. The molecule has 3 heterocycles. The van der Waals surface area contributed by atoms with E-state index in [1.165, 1.54) is 11.3 Å². The number of carbonyl (C=O) groups excluding carboxylic acids is 2. The quantitative estimate of drug-likeness (QED) is 0.906. The lowest BCUT2D eigenvalue weighted by atomic mass is 10.1. The number of amides is 2. The number of thiophene rings is 1. The van der Waals surface area contributed by atoms with Crippen LogP contribution in [0.5, 0.6) is 0 Å². The molecule has 1 unspecified atom stereocenters. The number of nitrogens with zero attached hydrogens (tertiary/aromatic N) is 2. The molecule has 0 saturated carbocycles. The predicted molar refractivity (Wildman–Crippen MR) is 96.5 cm³/mol. The Hall–Kier alpha value is -1.73. The van der Waals surface area contributed by atoms with Crippen molar-refractivity contribution in [1.29, 1.82) is 0 Å². The molecule has 24 heavy (non-hydrogen) atoms. The highest BCUT2D eigenvalue weighted by atomic mass is 32.1. The van der Waals surface area contributed by atoms with Crippen LogP contribution in [-0.2, 0) is 4.79 Å². The number of aromatic nitrogens is 1. The van der Waals surface area contributed by atoms with Crippen LogP contribution in [-0.4, -0.2) is 34.3 Å². The van der Waals surface area contributed by atoms with Crippen LogP contribution in [0.2, 0.25) is 0 Å². The lowest BCUT2D eigenvalue weighted by molar-refractivity contribution is -0.125. The van der Waals surface area contributed by atoms with Crippen molar-refractivity contribution < 1.29 is 9.59 Å². The summed E-state index contributed by atoms with van der Waals surface area (Å²) < 4.78 is 0. The van der Waals surface area contributed by atoms with E-state index in [1.54, 1.807) is 16.2 Å². The molecule has 128 valence electrons. The standard InChI is InChI=1S/C17H21N3O2S2/c1-10-15(24-12(3)18-10)11(2)19-16(21)13-6-4-8-20(13)17(22)14-7-5-9-23-14/h5,7,9,11,13H,4,6,8H2,1-3H3,(H,19,21)/t11?,13-/m0/s1. The maximum absolute atomic E-state index is 12.7. The summed E-state index contributed by atoms with van der Waals surface area (Å²) >= 11 is 3.02. The largest absolute Gasteiger partial charge is 0.347 e. The van der Waals surface area contributed by atoms with Crippen LogP contribution in [0.15, 0.2) is 17.5 Å². The molecule has 1 saturated heterocycles. The molecule has 1 N–H and O–H groups in total. The molecule has 2 aromatic rings. The molecule has 1 aliphatic rings. The zero-order valence-electron chi connectivity index (χ0n) is 14.0. The maximum Gasteiger partial charge on any atom is 0.264 e. The second-order valence-electron chi connectivity index (χ2n) is 6.05. The molecule has 1 fully saturated rings. The smallest absolute Gasteiger partial charge is 0.264 e. The van der Waals surface area contributed by atoms with Gasteiger partial charge in [0, 0.05) is 11.4 Å². The van der Waals surface area contributed by atoms with Crippen LogP contribution >= 0.6 is 22.7 Å². The van der Waals surface area contributed by atoms with E-state index in [-0.39, 0.29) is 23.9 Å². The van der Waals surface area contributed by atoms with Gasteiger partial charge in [-0.05, 0) is 45.1 Å². The Balaban J connectivity index is 1.69. The van der Waals surface area contributed by atoms with E-state index >= 15 is 0 Å². The summed E-state index contributed by atoms with van der Waals surface area (Å²) in [5.74, 6) is -0.115. The third-order valence-corrected chi connectivity index (χ3v) is 6.35. The molecule has 3 rings (SSSR count). The second kappa shape index (κ2) is 7.03. The van der Waals surface area contributed by atoms with E-state index in [0.717, 1.165) is 28.4 Å². The predicted octanol–water partition coefficient (Wildman–Crippen LogP) is 3.30. The molecule has 0 bridgehead atoms. The molecule has 0 spiro atoms. The van der Waals surface area contributed by atoms with Crippen molar-refractivity contribution in [1.82, 2.24) is 15.2 Å². The Morgan fingerprint density at radius 2 is 2.21 bits per heavy atom. The fourth-order valence-electron chi connectivity index (χ4n) is 3.15. The van der Waals surface area contributed by atoms with Gasteiger partial charge in [0.15, 0.2) is 0 Å². The lowest BCUT2D eigenvalue weighted by Crippen LogP contribution is -2.46. The van der Waals surface area contributed by atoms with Crippen molar-refractivity contribution in [2.75, 3.05) is 6.54 Å². The molecular formula is C17H21N3O2S2. The third-order valence-electron chi connectivity index (χ3n) is 4.24. The number of nitrogens with one attached hydrogen (secondary N) is 1. The van der Waals surface area contributed by atoms with Gasteiger partial charge in [0.25, 0.3) is 5.91 Å². The van der Waals surface area contributed by atoms with Crippen molar-refractivity contribution in [3.8, 4) is 0 Å². The minimum absolute atomic E-state index is 0.0416. The topological polar surface area (TPSA) is 62.3 Å². The van der Waals surface area contributed by atoms with Gasteiger partial charge in [-0.1, -0.05) is 6.07 Å². The van der Waals surface area contributed by atoms with E-state index in [9.17, 15) is 9.59 Å². The summed E-state index contributed by atoms with van der Waals surface area (Å²) in [5.41, 5.74) is 0.961. The Morgan fingerprint density at radius 1 is 1.42 bits per heavy atom. The number of hydrogen-bond acceptors (Lipinski definition) is 5. The first-order chi connectivity index (χ1) is 11.5. The molecule has 2 aromatic heterocycles.